The monoisotopic (exact) mass is 230 g/mol. The van der Waals surface area contributed by atoms with E-state index in [1.807, 2.05) is 6.07 Å². The van der Waals surface area contributed by atoms with E-state index in [2.05, 4.69) is 5.32 Å². The van der Waals surface area contributed by atoms with Crippen LogP contribution in [0.15, 0.2) is 30.0 Å². The second kappa shape index (κ2) is 4.13. The van der Waals surface area contributed by atoms with Crippen LogP contribution < -0.4 is 5.32 Å². The third-order valence-electron chi connectivity index (χ3n) is 1.98. The highest BCUT2D eigenvalue weighted by Crippen LogP contribution is 2.13. The van der Waals surface area contributed by atoms with Gasteiger partial charge in [0.2, 0.25) is 0 Å². The van der Waals surface area contributed by atoms with Crippen LogP contribution in [0.25, 0.3) is 6.08 Å². The first-order valence-corrected chi connectivity index (χ1v) is 4.85. The Labute approximate surface area is 97.1 Å². The lowest BCUT2D eigenvalue weighted by Crippen LogP contribution is -2.18. The highest BCUT2D eigenvalue weighted by molar-refractivity contribution is 7.80. The molecule has 0 aliphatic carbocycles. The fraction of sp³-hybridized carbons (Fsp3) is 0. The molecular weight excluding hydrogens is 224 g/mol. The van der Waals surface area contributed by atoms with Crippen molar-refractivity contribution in [2.45, 2.75) is 0 Å². The van der Waals surface area contributed by atoms with E-state index in [0.29, 0.717) is 5.56 Å². The number of rotatable bonds is 1. The van der Waals surface area contributed by atoms with Gasteiger partial charge in [-0.05, 0) is 36.0 Å². The topological polar surface area (TPSA) is 62.1 Å². The van der Waals surface area contributed by atoms with E-state index in [4.69, 9.17) is 22.2 Å². The molecule has 1 heterocycles. The number of hydrogen-bond donors (Lipinski definition) is 1. The van der Waals surface area contributed by atoms with Crippen LogP contribution in [0.1, 0.15) is 11.1 Å². The van der Waals surface area contributed by atoms with Gasteiger partial charge in [0.15, 0.2) is 5.76 Å². The van der Waals surface area contributed by atoms with Crippen LogP contribution in [0.5, 0.6) is 0 Å². The van der Waals surface area contributed by atoms with Gasteiger partial charge in [-0.1, -0.05) is 12.1 Å². The lowest BCUT2D eigenvalue weighted by atomic mass is 10.1. The Morgan fingerprint density at radius 2 is 2.06 bits per heavy atom. The molecule has 1 saturated heterocycles. The SMILES string of the molecule is N#Cc1ccc(/C=C2/OC(=S)NC2=O)cc1. The Morgan fingerprint density at radius 3 is 2.56 bits per heavy atom. The fourth-order valence-electron chi connectivity index (χ4n) is 1.23. The molecule has 1 aliphatic rings. The molecule has 16 heavy (non-hydrogen) atoms. The highest BCUT2D eigenvalue weighted by Gasteiger charge is 2.22. The van der Waals surface area contributed by atoms with Crippen LogP contribution in [-0.4, -0.2) is 11.1 Å². The van der Waals surface area contributed by atoms with Crippen molar-refractivity contribution in [1.82, 2.24) is 5.32 Å². The molecule has 1 fully saturated rings. The molecule has 0 unspecified atom stereocenters. The van der Waals surface area contributed by atoms with Crippen LogP contribution in [0, 0.1) is 11.3 Å². The first kappa shape index (κ1) is 10.3. The van der Waals surface area contributed by atoms with Crippen molar-refractivity contribution in [3.8, 4) is 6.07 Å². The number of hydrogen-bond acceptors (Lipinski definition) is 4. The Kier molecular flexibility index (Phi) is 2.66. The van der Waals surface area contributed by atoms with Crippen LogP contribution in [0.4, 0.5) is 0 Å². The average Bonchev–Trinajstić information content (AvgIpc) is 2.59. The lowest BCUT2D eigenvalue weighted by Gasteiger charge is -1.95. The van der Waals surface area contributed by atoms with E-state index < -0.39 is 0 Å². The molecule has 0 aromatic heterocycles. The molecule has 1 aromatic carbocycles. The zero-order valence-electron chi connectivity index (χ0n) is 8.06. The summed E-state index contributed by atoms with van der Waals surface area (Å²) >= 11 is 4.69. The number of carbonyl (C=O) groups is 1. The van der Waals surface area contributed by atoms with Crippen molar-refractivity contribution in [3.63, 3.8) is 0 Å². The van der Waals surface area contributed by atoms with Gasteiger partial charge in [-0.3, -0.25) is 10.1 Å². The molecule has 1 amide bonds. The minimum atomic E-state index is -0.352. The molecule has 1 N–H and O–H groups in total. The molecule has 0 bridgehead atoms. The third kappa shape index (κ3) is 2.07. The van der Waals surface area contributed by atoms with Crippen molar-refractivity contribution in [2.24, 2.45) is 0 Å². The van der Waals surface area contributed by atoms with E-state index in [0.717, 1.165) is 5.56 Å². The summed E-state index contributed by atoms with van der Waals surface area (Å²) in [5, 5.41) is 11.0. The smallest absolute Gasteiger partial charge is 0.294 e. The molecule has 0 atom stereocenters. The largest absolute Gasteiger partial charge is 0.426 e. The second-order valence-corrected chi connectivity index (χ2v) is 3.46. The predicted molar refractivity (Wildman–Crippen MR) is 61.0 cm³/mol. The zero-order chi connectivity index (χ0) is 11.5. The highest BCUT2D eigenvalue weighted by atomic mass is 32.1. The van der Waals surface area contributed by atoms with Gasteiger partial charge in [0.1, 0.15) is 0 Å². The van der Waals surface area contributed by atoms with Crippen molar-refractivity contribution < 1.29 is 9.53 Å². The minimum Gasteiger partial charge on any atom is -0.426 e. The first-order valence-electron chi connectivity index (χ1n) is 4.44. The van der Waals surface area contributed by atoms with Gasteiger partial charge < -0.3 is 4.74 Å². The number of nitriles is 1. The van der Waals surface area contributed by atoms with Gasteiger partial charge in [-0.2, -0.15) is 5.26 Å². The van der Waals surface area contributed by atoms with Crippen LogP contribution >= 0.6 is 12.2 Å². The zero-order valence-corrected chi connectivity index (χ0v) is 8.88. The summed E-state index contributed by atoms with van der Waals surface area (Å²) in [5.74, 6) is -0.191. The van der Waals surface area contributed by atoms with Crippen LogP contribution in [0.2, 0.25) is 0 Å². The molecule has 2 rings (SSSR count). The Bertz CT molecular complexity index is 526. The number of ether oxygens (including phenoxy) is 1. The van der Waals surface area contributed by atoms with E-state index in [1.165, 1.54) is 0 Å². The van der Waals surface area contributed by atoms with E-state index in [-0.39, 0.29) is 16.8 Å². The molecule has 4 nitrogen and oxygen atoms in total. The van der Waals surface area contributed by atoms with Gasteiger partial charge in [-0.15, -0.1) is 0 Å². The van der Waals surface area contributed by atoms with Crippen molar-refractivity contribution in [1.29, 1.82) is 5.26 Å². The van der Waals surface area contributed by atoms with Gasteiger partial charge in [0.05, 0.1) is 11.6 Å². The second-order valence-electron chi connectivity index (χ2n) is 3.09. The standard InChI is InChI=1S/C11H6N2O2S/c12-6-8-3-1-7(2-4-8)5-9-10(14)13-11(16)15-9/h1-5H,(H,13,14,16)/b9-5+. The van der Waals surface area contributed by atoms with E-state index in [9.17, 15) is 4.79 Å². The molecule has 0 radical (unpaired) electrons. The molecule has 0 saturated carbocycles. The summed E-state index contributed by atoms with van der Waals surface area (Å²) in [6.07, 6.45) is 1.57. The maximum atomic E-state index is 11.3. The molecular formula is C11H6N2O2S. The van der Waals surface area contributed by atoms with Gasteiger partial charge in [0, 0.05) is 0 Å². The Hall–Kier alpha value is -2.19. The number of amides is 1. The number of nitrogens with zero attached hydrogens (tertiary/aromatic N) is 1. The lowest BCUT2D eigenvalue weighted by molar-refractivity contribution is -0.116. The normalized spacial score (nSPS) is 16.8. The third-order valence-corrected chi connectivity index (χ3v) is 2.16. The van der Waals surface area contributed by atoms with E-state index in [1.54, 1.807) is 30.3 Å². The number of benzene rings is 1. The first-order chi connectivity index (χ1) is 7.69. The summed E-state index contributed by atoms with van der Waals surface area (Å²) in [6, 6.07) is 8.79. The average molecular weight is 230 g/mol. The Morgan fingerprint density at radius 1 is 1.38 bits per heavy atom. The number of carbonyl (C=O) groups excluding carboxylic acids is 1. The van der Waals surface area contributed by atoms with Gasteiger partial charge in [0.25, 0.3) is 11.1 Å². The molecule has 5 heteroatoms. The summed E-state index contributed by atoms with van der Waals surface area (Å²) < 4.78 is 5.00. The summed E-state index contributed by atoms with van der Waals surface area (Å²) in [7, 11) is 0. The Balaban J connectivity index is 2.26. The van der Waals surface area contributed by atoms with Crippen molar-refractivity contribution in [2.75, 3.05) is 0 Å². The summed E-state index contributed by atoms with van der Waals surface area (Å²) in [5.41, 5.74) is 1.34. The molecule has 0 spiro atoms. The summed E-state index contributed by atoms with van der Waals surface area (Å²) in [6.45, 7) is 0. The minimum absolute atomic E-state index is 0.0601. The van der Waals surface area contributed by atoms with Crippen LogP contribution in [0.3, 0.4) is 0 Å². The van der Waals surface area contributed by atoms with Crippen LogP contribution in [-0.2, 0) is 9.53 Å². The van der Waals surface area contributed by atoms with Gasteiger partial charge >= 0.3 is 0 Å². The maximum Gasteiger partial charge on any atom is 0.294 e. The van der Waals surface area contributed by atoms with Crippen molar-refractivity contribution >= 4 is 29.4 Å². The molecule has 1 aromatic rings. The maximum absolute atomic E-state index is 11.3. The van der Waals surface area contributed by atoms with E-state index >= 15 is 0 Å². The fourth-order valence-corrected chi connectivity index (χ4v) is 1.41. The van der Waals surface area contributed by atoms with Crippen molar-refractivity contribution in [3.05, 3.63) is 41.2 Å². The molecule has 78 valence electrons. The summed E-state index contributed by atoms with van der Waals surface area (Å²) in [4.78, 5) is 11.3. The van der Waals surface area contributed by atoms with Gasteiger partial charge in [-0.25, -0.2) is 0 Å². The molecule has 1 aliphatic heterocycles. The number of thiocarbonyl (C=S) groups is 1. The number of nitrogens with one attached hydrogen (secondary N) is 1. The quantitative estimate of drug-likeness (QED) is 0.584. The predicted octanol–water partition coefficient (Wildman–Crippen LogP) is 1.33.